The Bertz CT molecular complexity index is 421. The molecule has 1 rings (SSSR count). The van der Waals surface area contributed by atoms with E-state index >= 15 is 0 Å². The van der Waals surface area contributed by atoms with Crippen LogP contribution in [0.25, 0.3) is 0 Å². The molecular weight excluding hydrogens is 274 g/mol. The van der Waals surface area contributed by atoms with E-state index in [0.717, 1.165) is 0 Å². The van der Waals surface area contributed by atoms with E-state index in [4.69, 9.17) is 18.0 Å². The molecule has 1 aliphatic rings. The van der Waals surface area contributed by atoms with E-state index in [9.17, 15) is 9.59 Å². The number of thiocarbonyl (C=S) groups is 1. The number of rotatable bonds is 5. The van der Waals surface area contributed by atoms with E-state index in [0.29, 0.717) is 32.4 Å². The Balaban J connectivity index is 2.95. The van der Waals surface area contributed by atoms with Gasteiger partial charge in [-0.3, -0.25) is 9.59 Å². The molecule has 0 aromatic heterocycles. The van der Waals surface area contributed by atoms with Gasteiger partial charge >= 0.3 is 0 Å². The van der Waals surface area contributed by atoms with E-state index in [1.807, 2.05) is 20.8 Å². The molecule has 3 N–H and O–H groups in total. The third-order valence-corrected chi connectivity index (χ3v) is 5.01. The zero-order chi connectivity index (χ0) is 15.6. The largest absolute Gasteiger partial charge is 0.392 e. The number of hydrogen-bond acceptors (Lipinski definition) is 3. The lowest BCUT2D eigenvalue weighted by molar-refractivity contribution is -0.138. The minimum atomic E-state index is -0.775. The second-order valence-electron chi connectivity index (χ2n) is 5.77. The molecule has 114 valence electrons. The Morgan fingerprint density at radius 3 is 2.35 bits per heavy atom. The maximum Gasteiger partial charge on any atom is 0.235 e. The van der Waals surface area contributed by atoms with E-state index in [1.165, 1.54) is 0 Å². The summed E-state index contributed by atoms with van der Waals surface area (Å²) in [6, 6.07) is 0. The Morgan fingerprint density at radius 1 is 1.40 bits per heavy atom. The molecule has 20 heavy (non-hydrogen) atoms. The lowest BCUT2D eigenvalue weighted by atomic mass is 9.80. The molecule has 6 heteroatoms. The monoisotopic (exact) mass is 299 g/mol. The summed E-state index contributed by atoms with van der Waals surface area (Å²) in [5.41, 5.74) is 4.52. The topological polar surface area (TPSA) is 75.4 Å². The molecule has 0 aromatic carbocycles. The van der Waals surface area contributed by atoms with Crippen LogP contribution in [0, 0.1) is 10.8 Å². The van der Waals surface area contributed by atoms with E-state index in [-0.39, 0.29) is 16.8 Å². The summed E-state index contributed by atoms with van der Waals surface area (Å²) in [5, 5.41) is 2.67. The van der Waals surface area contributed by atoms with Crippen LogP contribution in [-0.2, 0) is 9.59 Å². The van der Waals surface area contributed by atoms with Crippen molar-refractivity contribution in [3.8, 4) is 0 Å². The van der Waals surface area contributed by atoms with Crippen molar-refractivity contribution in [1.82, 2.24) is 10.2 Å². The van der Waals surface area contributed by atoms with Crippen molar-refractivity contribution < 1.29 is 9.59 Å². The lowest BCUT2D eigenvalue weighted by Gasteiger charge is -2.34. The summed E-state index contributed by atoms with van der Waals surface area (Å²) >= 11 is 5.12. The Morgan fingerprint density at radius 2 is 1.95 bits per heavy atom. The third kappa shape index (κ3) is 2.66. The van der Waals surface area contributed by atoms with Crippen LogP contribution in [-0.4, -0.2) is 41.8 Å². The van der Waals surface area contributed by atoms with Gasteiger partial charge in [0.15, 0.2) is 0 Å². The average molecular weight is 299 g/mol. The molecule has 1 atom stereocenters. The van der Waals surface area contributed by atoms with Crippen LogP contribution in [0.4, 0.5) is 0 Å². The first-order valence-corrected chi connectivity index (χ1v) is 7.49. The number of nitrogens with one attached hydrogen (secondary N) is 1. The quantitative estimate of drug-likeness (QED) is 0.745. The van der Waals surface area contributed by atoms with Gasteiger partial charge in [0.2, 0.25) is 11.8 Å². The fraction of sp³-hybridized carbons (Fsp3) is 0.786. The van der Waals surface area contributed by atoms with Gasteiger partial charge < -0.3 is 16.0 Å². The van der Waals surface area contributed by atoms with Crippen molar-refractivity contribution >= 4 is 29.0 Å². The van der Waals surface area contributed by atoms with Crippen LogP contribution >= 0.6 is 12.2 Å². The Kier molecular flexibility index (Phi) is 5.13. The van der Waals surface area contributed by atoms with Crippen molar-refractivity contribution in [3.05, 3.63) is 0 Å². The Hall–Kier alpha value is -1.17. The zero-order valence-electron chi connectivity index (χ0n) is 12.8. The molecule has 0 radical (unpaired) electrons. The van der Waals surface area contributed by atoms with Crippen LogP contribution in [0.2, 0.25) is 0 Å². The van der Waals surface area contributed by atoms with Gasteiger partial charge in [-0.15, -0.1) is 0 Å². The minimum Gasteiger partial charge on any atom is -0.392 e. The summed E-state index contributed by atoms with van der Waals surface area (Å²) in [6.45, 7) is 6.74. The number of hydrogen-bond donors (Lipinski definition) is 2. The highest BCUT2D eigenvalue weighted by atomic mass is 32.1. The van der Waals surface area contributed by atoms with E-state index in [1.54, 1.807) is 11.9 Å². The van der Waals surface area contributed by atoms with Gasteiger partial charge in [0.05, 0.1) is 15.8 Å². The normalized spacial score (nSPS) is 22.7. The van der Waals surface area contributed by atoms with Gasteiger partial charge in [0, 0.05) is 20.1 Å². The smallest absolute Gasteiger partial charge is 0.235 e. The maximum atomic E-state index is 12.8. The van der Waals surface area contributed by atoms with Crippen LogP contribution in [0.3, 0.4) is 0 Å². The van der Waals surface area contributed by atoms with Crippen molar-refractivity contribution in [3.63, 3.8) is 0 Å². The van der Waals surface area contributed by atoms with Gasteiger partial charge in [-0.25, -0.2) is 0 Å². The lowest BCUT2D eigenvalue weighted by Crippen LogP contribution is -2.50. The second kappa shape index (κ2) is 6.08. The molecule has 0 aromatic rings. The molecule has 1 saturated heterocycles. The van der Waals surface area contributed by atoms with Crippen molar-refractivity contribution in [1.29, 1.82) is 0 Å². The predicted molar refractivity (Wildman–Crippen MR) is 83.2 cm³/mol. The standard InChI is InChI=1S/C14H25N3O2S/c1-5-14(6-2,10(15)20)12(19)17-8-7-13(3,9-17)11(18)16-4/h5-9H2,1-4H3,(H2,15,20)(H,16,18). The fourth-order valence-electron chi connectivity index (χ4n) is 2.93. The molecule has 2 amide bonds. The molecular formula is C14H25N3O2S. The van der Waals surface area contributed by atoms with Gasteiger partial charge in [0.25, 0.3) is 0 Å². The number of carbonyl (C=O) groups is 2. The maximum absolute atomic E-state index is 12.8. The number of amides is 2. The van der Waals surface area contributed by atoms with Gasteiger partial charge in [-0.2, -0.15) is 0 Å². The number of nitrogens with two attached hydrogens (primary N) is 1. The highest BCUT2D eigenvalue weighted by molar-refractivity contribution is 7.80. The van der Waals surface area contributed by atoms with E-state index in [2.05, 4.69) is 5.32 Å². The molecule has 1 heterocycles. The Labute approximate surface area is 126 Å². The first-order valence-electron chi connectivity index (χ1n) is 7.09. The number of likely N-dealkylation sites (tertiary alicyclic amines) is 1. The van der Waals surface area contributed by atoms with Crippen molar-refractivity contribution in [2.24, 2.45) is 16.6 Å². The highest BCUT2D eigenvalue weighted by Crippen LogP contribution is 2.36. The molecule has 1 fully saturated rings. The summed E-state index contributed by atoms with van der Waals surface area (Å²) in [6.07, 6.45) is 1.84. The second-order valence-corrected chi connectivity index (χ2v) is 6.21. The first kappa shape index (κ1) is 16.9. The minimum absolute atomic E-state index is 0.0262. The predicted octanol–water partition coefficient (Wildman–Crippen LogP) is 1.06. The summed E-state index contributed by atoms with van der Waals surface area (Å²) in [4.78, 5) is 26.7. The van der Waals surface area contributed by atoms with Crippen LogP contribution in [0.1, 0.15) is 40.0 Å². The van der Waals surface area contributed by atoms with Crippen molar-refractivity contribution in [2.45, 2.75) is 40.0 Å². The van der Waals surface area contributed by atoms with Crippen molar-refractivity contribution in [2.75, 3.05) is 20.1 Å². The zero-order valence-corrected chi connectivity index (χ0v) is 13.6. The molecule has 0 aliphatic carbocycles. The van der Waals surface area contributed by atoms with Gasteiger partial charge in [-0.05, 0) is 26.2 Å². The SMILES string of the molecule is CCC(CC)(C(=O)N1CCC(C)(C(=O)NC)C1)C(N)=S. The van der Waals surface area contributed by atoms with Crippen LogP contribution in [0.15, 0.2) is 0 Å². The third-order valence-electron chi connectivity index (χ3n) is 4.62. The number of nitrogens with zero attached hydrogens (tertiary/aromatic N) is 1. The fourth-order valence-corrected chi connectivity index (χ4v) is 3.31. The van der Waals surface area contributed by atoms with E-state index < -0.39 is 10.8 Å². The molecule has 0 saturated carbocycles. The van der Waals surface area contributed by atoms with Crippen LogP contribution < -0.4 is 11.1 Å². The molecule has 1 unspecified atom stereocenters. The molecule has 5 nitrogen and oxygen atoms in total. The summed E-state index contributed by atoms with van der Waals surface area (Å²) in [7, 11) is 1.62. The summed E-state index contributed by atoms with van der Waals surface area (Å²) < 4.78 is 0. The van der Waals surface area contributed by atoms with Gasteiger partial charge in [-0.1, -0.05) is 26.1 Å². The average Bonchev–Trinajstić information content (AvgIpc) is 2.83. The first-order chi connectivity index (χ1) is 9.27. The molecule has 0 bridgehead atoms. The number of carbonyl (C=O) groups excluding carboxylic acids is 2. The van der Waals surface area contributed by atoms with Crippen LogP contribution in [0.5, 0.6) is 0 Å². The van der Waals surface area contributed by atoms with Gasteiger partial charge in [0.1, 0.15) is 0 Å². The highest BCUT2D eigenvalue weighted by Gasteiger charge is 2.47. The molecule has 1 aliphatic heterocycles. The molecule has 0 spiro atoms. The summed E-state index contributed by atoms with van der Waals surface area (Å²) in [5.74, 6) is -0.0654.